The minimum atomic E-state index is -0.461. The minimum Gasteiger partial charge on any atom is -0.461 e. The summed E-state index contributed by atoms with van der Waals surface area (Å²) in [6.07, 6.45) is 0. The van der Waals surface area contributed by atoms with Crippen LogP contribution in [0.4, 0.5) is 0 Å². The predicted octanol–water partition coefficient (Wildman–Crippen LogP) is 1.11. The van der Waals surface area contributed by atoms with Crippen molar-refractivity contribution in [1.29, 1.82) is 0 Å². The van der Waals surface area contributed by atoms with Crippen LogP contribution in [0.3, 0.4) is 0 Å². The van der Waals surface area contributed by atoms with E-state index in [2.05, 4.69) is 15.5 Å². The summed E-state index contributed by atoms with van der Waals surface area (Å²) in [7, 11) is 0. The van der Waals surface area contributed by atoms with Gasteiger partial charge in [-0.15, -0.1) is 5.10 Å². The minimum absolute atomic E-state index is 0.233. The van der Waals surface area contributed by atoms with Crippen molar-refractivity contribution in [2.24, 2.45) is 0 Å². The van der Waals surface area contributed by atoms with E-state index in [4.69, 9.17) is 9.26 Å². The zero-order valence-corrected chi connectivity index (χ0v) is 10.5. The fourth-order valence-electron chi connectivity index (χ4n) is 1.54. The molecule has 0 N–H and O–H groups in total. The number of nitrogens with zero attached hydrogens (tertiary/aromatic N) is 4. The summed E-state index contributed by atoms with van der Waals surface area (Å²) in [6.45, 7) is 6.05. The van der Waals surface area contributed by atoms with Gasteiger partial charge in [-0.2, -0.15) is 0 Å². The molecule has 7 heteroatoms. The number of carbonyl (C=O) groups excluding carboxylic acids is 1. The van der Waals surface area contributed by atoms with E-state index in [0.29, 0.717) is 18.8 Å². The molecule has 0 aromatic carbocycles. The summed E-state index contributed by atoms with van der Waals surface area (Å²) in [5.74, 6) is 0.269. The Kier molecular flexibility index (Phi) is 3.40. The van der Waals surface area contributed by atoms with Crippen molar-refractivity contribution in [1.82, 2.24) is 20.2 Å². The SMILES string of the molecule is CCOC(=O)c1nnn(Cc2cc(C)on2)c1C. The molecular weight excluding hydrogens is 236 g/mol. The molecule has 2 heterocycles. The van der Waals surface area contributed by atoms with Gasteiger partial charge in [-0.1, -0.05) is 10.4 Å². The third-order valence-electron chi connectivity index (χ3n) is 2.44. The van der Waals surface area contributed by atoms with Crippen molar-refractivity contribution < 1.29 is 14.1 Å². The maximum absolute atomic E-state index is 11.6. The van der Waals surface area contributed by atoms with Crippen LogP contribution in [0.15, 0.2) is 10.6 Å². The quantitative estimate of drug-likeness (QED) is 0.756. The standard InChI is InChI=1S/C11H14N4O3/c1-4-17-11(16)10-8(3)15(14-12-10)6-9-5-7(2)18-13-9/h5H,4,6H2,1-3H3. The van der Waals surface area contributed by atoms with E-state index in [-0.39, 0.29) is 5.69 Å². The Balaban J connectivity index is 2.18. The van der Waals surface area contributed by atoms with Gasteiger partial charge in [0, 0.05) is 6.07 Å². The summed E-state index contributed by atoms with van der Waals surface area (Å²) >= 11 is 0. The van der Waals surface area contributed by atoms with Gasteiger partial charge in [-0.25, -0.2) is 9.48 Å². The molecular formula is C11H14N4O3. The van der Waals surface area contributed by atoms with Crippen LogP contribution >= 0.6 is 0 Å². The van der Waals surface area contributed by atoms with Gasteiger partial charge in [-0.05, 0) is 20.8 Å². The Morgan fingerprint density at radius 2 is 2.28 bits per heavy atom. The molecule has 18 heavy (non-hydrogen) atoms. The van der Waals surface area contributed by atoms with Crippen LogP contribution in [-0.4, -0.2) is 32.7 Å². The Morgan fingerprint density at radius 1 is 1.50 bits per heavy atom. The van der Waals surface area contributed by atoms with Crippen LogP contribution in [0, 0.1) is 13.8 Å². The number of aromatic nitrogens is 4. The van der Waals surface area contributed by atoms with Crippen LogP contribution in [0.2, 0.25) is 0 Å². The van der Waals surface area contributed by atoms with Gasteiger partial charge in [0.25, 0.3) is 0 Å². The van der Waals surface area contributed by atoms with Crippen molar-refractivity contribution in [3.8, 4) is 0 Å². The highest BCUT2D eigenvalue weighted by Gasteiger charge is 2.18. The maximum atomic E-state index is 11.6. The summed E-state index contributed by atoms with van der Waals surface area (Å²) in [5, 5.41) is 11.6. The Hall–Kier alpha value is -2.18. The van der Waals surface area contributed by atoms with E-state index in [1.165, 1.54) is 0 Å². The summed E-state index contributed by atoms with van der Waals surface area (Å²) < 4.78 is 11.4. The first kappa shape index (κ1) is 12.3. The molecule has 0 atom stereocenters. The van der Waals surface area contributed by atoms with Gasteiger partial charge in [0.1, 0.15) is 11.5 Å². The van der Waals surface area contributed by atoms with Crippen molar-refractivity contribution in [3.63, 3.8) is 0 Å². The van der Waals surface area contributed by atoms with Crippen molar-refractivity contribution >= 4 is 5.97 Å². The smallest absolute Gasteiger partial charge is 0.360 e. The highest BCUT2D eigenvalue weighted by Crippen LogP contribution is 2.09. The normalized spacial score (nSPS) is 10.6. The van der Waals surface area contributed by atoms with Crippen LogP contribution in [0.25, 0.3) is 0 Å². The largest absolute Gasteiger partial charge is 0.461 e. The van der Waals surface area contributed by atoms with Crippen LogP contribution in [-0.2, 0) is 11.3 Å². The lowest BCUT2D eigenvalue weighted by Crippen LogP contribution is -2.09. The molecule has 0 saturated heterocycles. The number of aryl methyl sites for hydroxylation is 1. The van der Waals surface area contributed by atoms with Crippen LogP contribution in [0.1, 0.15) is 34.6 Å². The molecule has 0 unspecified atom stereocenters. The number of esters is 1. The molecule has 0 aliphatic rings. The number of hydrogen-bond donors (Lipinski definition) is 0. The van der Waals surface area contributed by atoms with E-state index in [1.54, 1.807) is 18.5 Å². The molecule has 96 valence electrons. The highest BCUT2D eigenvalue weighted by molar-refractivity contribution is 5.88. The molecule has 0 aliphatic carbocycles. The molecule has 2 rings (SSSR count). The van der Waals surface area contributed by atoms with Gasteiger partial charge in [0.05, 0.1) is 18.8 Å². The number of carbonyl (C=O) groups is 1. The van der Waals surface area contributed by atoms with Crippen molar-refractivity contribution in [2.45, 2.75) is 27.3 Å². The fourth-order valence-corrected chi connectivity index (χ4v) is 1.54. The lowest BCUT2D eigenvalue weighted by atomic mass is 10.3. The van der Waals surface area contributed by atoms with Crippen LogP contribution in [0.5, 0.6) is 0 Å². The number of hydrogen-bond acceptors (Lipinski definition) is 6. The molecule has 0 spiro atoms. The van der Waals surface area contributed by atoms with Crippen molar-refractivity contribution in [2.75, 3.05) is 6.61 Å². The van der Waals surface area contributed by atoms with Gasteiger partial charge >= 0.3 is 5.97 Å². The summed E-state index contributed by atoms with van der Waals surface area (Å²) in [6, 6.07) is 1.81. The molecule has 2 aromatic heterocycles. The molecule has 2 aromatic rings. The fraction of sp³-hybridized carbons (Fsp3) is 0.455. The first-order chi connectivity index (χ1) is 8.61. The Labute approximate surface area is 104 Å². The topological polar surface area (TPSA) is 83.0 Å². The van der Waals surface area contributed by atoms with Crippen molar-refractivity contribution in [3.05, 3.63) is 28.9 Å². The monoisotopic (exact) mass is 250 g/mol. The second kappa shape index (κ2) is 4.99. The van der Waals surface area contributed by atoms with E-state index in [1.807, 2.05) is 13.0 Å². The summed E-state index contributed by atoms with van der Waals surface area (Å²) in [4.78, 5) is 11.6. The van der Waals surface area contributed by atoms with E-state index in [0.717, 1.165) is 11.5 Å². The van der Waals surface area contributed by atoms with E-state index in [9.17, 15) is 4.79 Å². The lowest BCUT2D eigenvalue weighted by Gasteiger charge is -2.01. The first-order valence-corrected chi connectivity index (χ1v) is 5.61. The molecule has 0 fully saturated rings. The molecule has 0 aliphatic heterocycles. The predicted molar refractivity (Wildman–Crippen MR) is 61.1 cm³/mol. The third-order valence-corrected chi connectivity index (χ3v) is 2.44. The lowest BCUT2D eigenvalue weighted by molar-refractivity contribution is 0.0518. The molecule has 7 nitrogen and oxygen atoms in total. The zero-order chi connectivity index (χ0) is 13.1. The first-order valence-electron chi connectivity index (χ1n) is 5.61. The summed E-state index contributed by atoms with van der Waals surface area (Å²) in [5.41, 5.74) is 1.61. The van der Waals surface area contributed by atoms with Gasteiger partial charge < -0.3 is 9.26 Å². The molecule has 0 amide bonds. The van der Waals surface area contributed by atoms with Gasteiger partial charge in [0.15, 0.2) is 5.69 Å². The number of rotatable bonds is 4. The van der Waals surface area contributed by atoms with E-state index < -0.39 is 5.97 Å². The molecule has 0 radical (unpaired) electrons. The molecule has 0 saturated carbocycles. The third kappa shape index (κ3) is 2.39. The molecule has 0 bridgehead atoms. The second-order valence-electron chi connectivity index (χ2n) is 3.83. The highest BCUT2D eigenvalue weighted by atomic mass is 16.5. The second-order valence-corrected chi connectivity index (χ2v) is 3.83. The maximum Gasteiger partial charge on any atom is 0.360 e. The van der Waals surface area contributed by atoms with E-state index >= 15 is 0 Å². The van der Waals surface area contributed by atoms with Crippen LogP contribution < -0.4 is 0 Å². The average Bonchev–Trinajstić information content (AvgIpc) is 2.88. The average molecular weight is 250 g/mol. The zero-order valence-electron chi connectivity index (χ0n) is 10.5. The van der Waals surface area contributed by atoms with Gasteiger partial charge in [0.2, 0.25) is 0 Å². The van der Waals surface area contributed by atoms with Gasteiger partial charge in [-0.3, -0.25) is 0 Å². The Morgan fingerprint density at radius 3 is 2.89 bits per heavy atom. The Bertz CT molecular complexity index is 558. The number of ether oxygens (including phenoxy) is 1.